The van der Waals surface area contributed by atoms with Crippen molar-refractivity contribution in [3.05, 3.63) is 43.9 Å². The number of nitro groups is 1. The quantitative estimate of drug-likeness (QED) is 0.309. The van der Waals surface area contributed by atoms with Crippen LogP contribution in [0.4, 0.5) is 5.69 Å². The summed E-state index contributed by atoms with van der Waals surface area (Å²) in [4.78, 5) is 23.0. The number of rotatable bonds is 7. The van der Waals surface area contributed by atoms with Crippen LogP contribution >= 0.6 is 11.8 Å². The number of aryl methyl sites for hydroxylation is 1. The van der Waals surface area contributed by atoms with Crippen LogP contribution in [0.25, 0.3) is 0 Å². The lowest BCUT2D eigenvalue weighted by atomic mass is 10.2. The Balaban J connectivity index is 2.56. The van der Waals surface area contributed by atoms with E-state index < -0.39 is 10.5 Å². The average Bonchev–Trinajstić information content (AvgIpc) is 2.63. The lowest BCUT2D eigenvalue weighted by Gasteiger charge is -2.10. The van der Waals surface area contributed by atoms with Gasteiger partial charge in [0.15, 0.2) is 5.75 Å². The van der Waals surface area contributed by atoms with Gasteiger partial charge in [-0.15, -0.1) is 10.2 Å². The molecule has 2 rings (SSSR count). The molecule has 0 unspecified atom stereocenters. The fourth-order valence-electron chi connectivity index (χ4n) is 2.06. The molecule has 0 atom stereocenters. The predicted molar refractivity (Wildman–Crippen MR) is 96.6 cm³/mol. The monoisotopic (exact) mass is 379 g/mol. The van der Waals surface area contributed by atoms with Crippen LogP contribution in [-0.2, 0) is 0 Å². The molecule has 10 nitrogen and oxygen atoms in total. The molecule has 1 aromatic carbocycles. The molecule has 1 aromatic heterocycles. The average molecular weight is 379 g/mol. The molecule has 0 bridgehead atoms. The summed E-state index contributed by atoms with van der Waals surface area (Å²) in [6.45, 7) is 3.49. The van der Waals surface area contributed by atoms with E-state index in [0.29, 0.717) is 10.7 Å². The molecule has 11 heteroatoms. The number of methoxy groups -OCH3 is 1. The van der Waals surface area contributed by atoms with Gasteiger partial charge in [-0.3, -0.25) is 14.9 Å². The number of ether oxygens (including phenoxy) is 2. The Hall–Kier alpha value is -2.95. The number of aromatic nitrogens is 3. The second-order valence-electron chi connectivity index (χ2n) is 4.90. The zero-order chi connectivity index (χ0) is 19.3. The maximum Gasteiger partial charge on any atom is 0.315 e. The molecule has 0 N–H and O–H groups in total. The van der Waals surface area contributed by atoms with Gasteiger partial charge in [-0.2, -0.15) is 9.78 Å². The number of benzene rings is 1. The van der Waals surface area contributed by atoms with E-state index in [1.54, 1.807) is 13.2 Å². The number of nitrogens with zero attached hydrogens (tertiary/aromatic N) is 5. The summed E-state index contributed by atoms with van der Waals surface area (Å²) in [6, 6.07) is 2.83. The van der Waals surface area contributed by atoms with Crippen LogP contribution in [-0.4, -0.2) is 46.0 Å². The SMILES string of the molecule is CCOc1c(OC)cc(/C=N\n2c(SC)nnc(C)c2=O)cc1[N+](=O)[O-]. The minimum Gasteiger partial charge on any atom is -0.493 e. The summed E-state index contributed by atoms with van der Waals surface area (Å²) in [7, 11) is 1.38. The summed E-state index contributed by atoms with van der Waals surface area (Å²) in [6.07, 6.45) is 3.04. The Morgan fingerprint density at radius 1 is 1.42 bits per heavy atom. The molecule has 0 spiro atoms. The molecule has 138 valence electrons. The first kappa shape index (κ1) is 19.4. The highest BCUT2D eigenvalue weighted by molar-refractivity contribution is 7.98. The molecule has 0 aliphatic heterocycles. The van der Waals surface area contributed by atoms with E-state index in [1.807, 2.05) is 0 Å². The molecule has 0 radical (unpaired) electrons. The first-order chi connectivity index (χ1) is 12.4. The van der Waals surface area contributed by atoms with Gasteiger partial charge in [0.25, 0.3) is 5.56 Å². The van der Waals surface area contributed by atoms with Crippen molar-refractivity contribution in [2.75, 3.05) is 20.0 Å². The molecule has 26 heavy (non-hydrogen) atoms. The van der Waals surface area contributed by atoms with Gasteiger partial charge in [0.05, 0.1) is 24.9 Å². The molecule has 2 aromatic rings. The third-order valence-corrected chi connectivity index (χ3v) is 3.86. The van der Waals surface area contributed by atoms with Crippen LogP contribution in [0.1, 0.15) is 18.2 Å². The fraction of sp³-hybridized carbons (Fsp3) is 0.333. The first-order valence-electron chi connectivity index (χ1n) is 7.46. The zero-order valence-corrected chi connectivity index (χ0v) is 15.4. The number of nitro benzene ring substituents is 1. The summed E-state index contributed by atoms with van der Waals surface area (Å²) in [5, 5.41) is 23.4. The summed E-state index contributed by atoms with van der Waals surface area (Å²) in [5.74, 6) is 0.240. The smallest absolute Gasteiger partial charge is 0.315 e. The van der Waals surface area contributed by atoms with Crippen molar-refractivity contribution in [3.63, 3.8) is 0 Å². The Morgan fingerprint density at radius 3 is 2.73 bits per heavy atom. The second-order valence-corrected chi connectivity index (χ2v) is 5.67. The Bertz CT molecular complexity index is 912. The van der Waals surface area contributed by atoms with Crippen molar-refractivity contribution in [1.82, 2.24) is 14.9 Å². The summed E-state index contributed by atoms with van der Waals surface area (Å²) < 4.78 is 11.6. The van der Waals surface area contributed by atoms with Crippen molar-refractivity contribution in [3.8, 4) is 11.5 Å². The topological polar surface area (TPSA) is 122 Å². The van der Waals surface area contributed by atoms with Crippen LogP contribution in [0.3, 0.4) is 0 Å². The van der Waals surface area contributed by atoms with Crippen LogP contribution in [0.15, 0.2) is 27.2 Å². The number of thioether (sulfide) groups is 1. The summed E-state index contributed by atoms with van der Waals surface area (Å²) >= 11 is 1.20. The maximum atomic E-state index is 12.2. The van der Waals surface area contributed by atoms with Crippen molar-refractivity contribution >= 4 is 23.7 Å². The molecule has 1 heterocycles. The minimum atomic E-state index is -0.567. The highest BCUT2D eigenvalue weighted by atomic mass is 32.2. The van der Waals surface area contributed by atoms with Crippen LogP contribution in [0.2, 0.25) is 0 Å². The molecule has 0 aliphatic rings. The second kappa shape index (κ2) is 8.43. The highest BCUT2D eigenvalue weighted by Gasteiger charge is 2.21. The van der Waals surface area contributed by atoms with Gasteiger partial charge < -0.3 is 9.47 Å². The standard InChI is InChI=1S/C15H17N5O5S/c1-5-25-13-11(20(22)23)6-10(7-12(13)24-3)8-16-19-14(21)9(2)17-18-15(19)26-4/h6-8H,5H2,1-4H3/b16-8-. The molecular weight excluding hydrogens is 362 g/mol. The van der Waals surface area contributed by atoms with Crippen molar-refractivity contribution in [2.45, 2.75) is 19.0 Å². The Morgan fingerprint density at radius 2 is 2.15 bits per heavy atom. The van der Waals surface area contributed by atoms with E-state index in [0.717, 1.165) is 4.68 Å². The molecule has 0 saturated carbocycles. The van der Waals surface area contributed by atoms with Crippen molar-refractivity contribution in [1.29, 1.82) is 0 Å². The molecule has 0 aliphatic carbocycles. The third-order valence-electron chi connectivity index (χ3n) is 3.24. The van der Waals surface area contributed by atoms with Gasteiger partial charge in [-0.25, -0.2) is 0 Å². The number of hydrogen-bond donors (Lipinski definition) is 0. The van der Waals surface area contributed by atoms with E-state index in [-0.39, 0.29) is 29.5 Å². The van der Waals surface area contributed by atoms with Gasteiger partial charge in [-0.05, 0) is 26.2 Å². The lowest BCUT2D eigenvalue weighted by molar-refractivity contribution is -0.385. The van der Waals surface area contributed by atoms with E-state index >= 15 is 0 Å². The molecule has 0 saturated heterocycles. The fourth-order valence-corrected chi connectivity index (χ4v) is 2.48. The Kier molecular flexibility index (Phi) is 6.28. The minimum absolute atomic E-state index is 0.0422. The molecular formula is C15H17N5O5S. The predicted octanol–water partition coefficient (Wildman–Crippen LogP) is 1.87. The highest BCUT2D eigenvalue weighted by Crippen LogP contribution is 2.37. The molecule has 0 fully saturated rings. The van der Waals surface area contributed by atoms with Crippen molar-refractivity contribution < 1.29 is 14.4 Å². The van der Waals surface area contributed by atoms with E-state index in [2.05, 4.69) is 15.3 Å². The molecule has 0 amide bonds. The van der Waals surface area contributed by atoms with Crippen LogP contribution in [0.5, 0.6) is 11.5 Å². The Labute approximate surface area is 153 Å². The van der Waals surface area contributed by atoms with Gasteiger partial charge >= 0.3 is 5.69 Å². The van der Waals surface area contributed by atoms with E-state index in [1.165, 1.54) is 44.1 Å². The van der Waals surface area contributed by atoms with Crippen LogP contribution < -0.4 is 15.0 Å². The van der Waals surface area contributed by atoms with E-state index in [4.69, 9.17) is 9.47 Å². The van der Waals surface area contributed by atoms with Gasteiger partial charge in [0.1, 0.15) is 5.69 Å². The largest absolute Gasteiger partial charge is 0.493 e. The van der Waals surface area contributed by atoms with Gasteiger partial charge in [0, 0.05) is 11.6 Å². The lowest BCUT2D eigenvalue weighted by Crippen LogP contribution is -2.23. The zero-order valence-electron chi connectivity index (χ0n) is 14.6. The van der Waals surface area contributed by atoms with Gasteiger partial charge in [-0.1, -0.05) is 11.8 Å². The van der Waals surface area contributed by atoms with E-state index in [9.17, 15) is 14.9 Å². The number of hydrogen-bond acceptors (Lipinski definition) is 9. The van der Waals surface area contributed by atoms with Gasteiger partial charge in [0.2, 0.25) is 10.9 Å². The maximum absolute atomic E-state index is 12.2. The first-order valence-corrected chi connectivity index (χ1v) is 8.69. The van der Waals surface area contributed by atoms with Crippen molar-refractivity contribution in [2.24, 2.45) is 5.10 Å². The normalized spacial score (nSPS) is 10.9. The summed E-state index contributed by atoms with van der Waals surface area (Å²) in [5.41, 5.74) is -0.122. The van der Waals surface area contributed by atoms with Crippen LogP contribution in [0, 0.1) is 17.0 Å². The third kappa shape index (κ3) is 3.99.